The lowest BCUT2D eigenvalue weighted by molar-refractivity contribution is -0.145. The van der Waals surface area contributed by atoms with Crippen LogP contribution in [0.25, 0.3) is 0 Å². The highest BCUT2D eigenvalue weighted by Gasteiger charge is 2.53. The SMILES string of the molecule is COc1ccc(C(=O)O[C@H](CBr)[C@H]2O[C@H](O)[C@H](OC(=O)c3ccccc3)[C@H]2OC(=O)c2ccccc2)cc1. The molecule has 1 aliphatic heterocycles. The molecular weight excluding hydrogens is 560 g/mol. The van der Waals surface area contributed by atoms with Crippen molar-refractivity contribution < 1.29 is 43.2 Å². The van der Waals surface area contributed by atoms with Gasteiger partial charge in [-0.2, -0.15) is 0 Å². The van der Waals surface area contributed by atoms with Gasteiger partial charge in [0.2, 0.25) is 0 Å². The average Bonchev–Trinajstić information content (AvgIpc) is 3.26. The zero-order chi connectivity index (χ0) is 27.1. The Balaban J connectivity index is 1.58. The molecule has 5 atom stereocenters. The minimum Gasteiger partial charge on any atom is -0.497 e. The lowest BCUT2D eigenvalue weighted by Gasteiger charge is -2.27. The van der Waals surface area contributed by atoms with Crippen molar-refractivity contribution in [1.29, 1.82) is 0 Å². The Kier molecular flexibility index (Phi) is 9.11. The predicted octanol–water partition coefficient (Wildman–Crippen LogP) is 3.78. The highest BCUT2D eigenvalue weighted by Crippen LogP contribution is 2.31. The van der Waals surface area contributed by atoms with Crippen LogP contribution in [-0.4, -0.2) is 66.2 Å². The zero-order valence-electron chi connectivity index (χ0n) is 20.3. The normalized spacial score (nSPS) is 21.2. The van der Waals surface area contributed by atoms with E-state index in [2.05, 4.69) is 15.9 Å². The van der Waals surface area contributed by atoms with Crippen molar-refractivity contribution in [2.24, 2.45) is 0 Å². The monoisotopic (exact) mass is 584 g/mol. The number of aliphatic hydroxyl groups excluding tert-OH is 1. The second-order valence-electron chi connectivity index (χ2n) is 8.29. The molecule has 3 aromatic carbocycles. The molecule has 1 saturated heterocycles. The molecule has 4 rings (SSSR count). The van der Waals surface area contributed by atoms with E-state index in [0.29, 0.717) is 5.75 Å². The molecule has 1 fully saturated rings. The second-order valence-corrected chi connectivity index (χ2v) is 8.94. The molecule has 0 aliphatic carbocycles. The lowest BCUT2D eigenvalue weighted by Crippen LogP contribution is -2.46. The maximum Gasteiger partial charge on any atom is 0.338 e. The number of rotatable bonds is 9. The topological polar surface area (TPSA) is 118 Å². The number of carbonyl (C=O) groups excluding carboxylic acids is 3. The van der Waals surface area contributed by atoms with E-state index in [1.54, 1.807) is 72.8 Å². The van der Waals surface area contributed by atoms with Gasteiger partial charge in [-0.3, -0.25) is 0 Å². The number of halogens is 1. The molecule has 0 unspecified atom stereocenters. The van der Waals surface area contributed by atoms with E-state index in [1.807, 2.05) is 0 Å². The van der Waals surface area contributed by atoms with E-state index in [4.69, 9.17) is 23.7 Å². The molecule has 0 amide bonds. The van der Waals surface area contributed by atoms with Crippen LogP contribution in [0.1, 0.15) is 31.1 Å². The Morgan fingerprint density at radius 3 is 1.79 bits per heavy atom. The van der Waals surface area contributed by atoms with E-state index in [1.165, 1.54) is 19.2 Å². The van der Waals surface area contributed by atoms with Gasteiger partial charge in [0.15, 0.2) is 18.5 Å². The summed E-state index contributed by atoms with van der Waals surface area (Å²) in [5.74, 6) is -1.58. The molecule has 3 aromatic rings. The third-order valence-corrected chi connectivity index (χ3v) is 6.47. The smallest absolute Gasteiger partial charge is 0.338 e. The third-order valence-electron chi connectivity index (χ3n) is 5.83. The molecular formula is C28H25BrO9. The Morgan fingerprint density at radius 2 is 1.29 bits per heavy atom. The molecule has 38 heavy (non-hydrogen) atoms. The van der Waals surface area contributed by atoms with Crippen LogP contribution in [-0.2, 0) is 18.9 Å². The molecule has 0 spiro atoms. The van der Waals surface area contributed by atoms with Gasteiger partial charge in [0.25, 0.3) is 0 Å². The van der Waals surface area contributed by atoms with Crippen molar-refractivity contribution in [3.63, 3.8) is 0 Å². The first-order valence-electron chi connectivity index (χ1n) is 11.7. The molecule has 0 radical (unpaired) electrons. The minimum atomic E-state index is -1.65. The van der Waals surface area contributed by atoms with Crippen molar-refractivity contribution in [3.05, 3.63) is 102 Å². The quantitative estimate of drug-likeness (QED) is 0.228. The van der Waals surface area contributed by atoms with Gasteiger partial charge < -0.3 is 28.8 Å². The molecule has 1 heterocycles. The molecule has 0 bridgehead atoms. The summed E-state index contributed by atoms with van der Waals surface area (Å²) < 4.78 is 27.7. The van der Waals surface area contributed by atoms with E-state index in [-0.39, 0.29) is 22.0 Å². The van der Waals surface area contributed by atoms with Crippen molar-refractivity contribution in [1.82, 2.24) is 0 Å². The molecule has 1 N–H and O–H groups in total. The average molecular weight is 585 g/mol. The molecule has 0 aromatic heterocycles. The minimum absolute atomic E-state index is 0.0744. The Morgan fingerprint density at radius 1 is 0.789 bits per heavy atom. The number of hydrogen-bond acceptors (Lipinski definition) is 9. The van der Waals surface area contributed by atoms with Gasteiger partial charge in [-0.1, -0.05) is 52.3 Å². The maximum absolute atomic E-state index is 12.9. The molecule has 198 valence electrons. The number of aliphatic hydroxyl groups is 1. The zero-order valence-corrected chi connectivity index (χ0v) is 21.9. The van der Waals surface area contributed by atoms with Gasteiger partial charge in [0.1, 0.15) is 18.0 Å². The number of carbonyl (C=O) groups is 3. The van der Waals surface area contributed by atoms with E-state index in [9.17, 15) is 19.5 Å². The summed E-state index contributed by atoms with van der Waals surface area (Å²) in [5, 5.41) is 10.8. The number of esters is 3. The van der Waals surface area contributed by atoms with Crippen LogP contribution >= 0.6 is 15.9 Å². The molecule has 1 aliphatic rings. The van der Waals surface area contributed by atoms with Crippen LogP contribution in [0.3, 0.4) is 0 Å². The van der Waals surface area contributed by atoms with Crippen LogP contribution in [0.15, 0.2) is 84.9 Å². The lowest BCUT2D eigenvalue weighted by atomic mass is 10.1. The van der Waals surface area contributed by atoms with Gasteiger partial charge in [-0.05, 0) is 48.5 Å². The van der Waals surface area contributed by atoms with Crippen molar-refractivity contribution in [2.45, 2.75) is 30.7 Å². The summed E-state index contributed by atoms with van der Waals surface area (Å²) >= 11 is 3.31. The fourth-order valence-corrected chi connectivity index (χ4v) is 4.38. The standard InChI is InChI=1S/C28H25BrO9/c1-34-20-14-12-19(13-15-20)25(30)35-21(16-29)22-23(37-26(31)17-8-4-2-5-9-17)24(28(33)36-22)38-27(32)18-10-6-3-7-11-18/h2-15,21-24,28,33H,16H2,1H3/t21-,22-,23+,24-,28+/m1/s1. The summed E-state index contributed by atoms with van der Waals surface area (Å²) in [5.41, 5.74) is 0.728. The fraction of sp³-hybridized carbons (Fsp3) is 0.250. The van der Waals surface area contributed by atoms with Gasteiger partial charge in [0.05, 0.1) is 23.8 Å². The van der Waals surface area contributed by atoms with E-state index < -0.39 is 48.6 Å². The number of ether oxygens (including phenoxy) is 5. The van der Waals surface area contributed by atoms with Crippen molar-refractivity contribution in [2.75, 3.05) is 12.4 Å². The summed E-state index contributed by atoms with van der Waals surface area (Å²) in [4.78, 5) is 38.6. The maximum atomic E-state index is 12.9. The predicted molar refractivity (Wildman–Crippen MR) is 138 cm³/mol. The number of hydrogen-bond donors (Lipinski definition) is 1. The first-order valence-corrected chi connectivity index (χ1v) is 12.8. The Bertz CT molecular complexity index is 1230. The van der Waals surface area contributed by atoms with Gasteiger partial charge >= 0.3 is 17.9 Å². The Hall–Kier alpha value is -3.73. The van der Waals surface area contributed by atoms with Crippen LogP contribution in [0.4, 0.5) is 0 Å². The summed E-state index contributed by atoms with van der Waals surface area (Å²) in [6.45, 7) is 0. The molecule has 9 nitrogen and oxygen atoms in total. The van der Waals surface area contributed by atoms with E-state index in [0.717, 1.165) is 0 Å². The van der Waals surface area contributed by atoms with Gasteiger partial charge in [0, 0.05) is 5.33 Å². The highest BCUT2D eigenvalue weighted by molar-refractivity contribution is 9.09. The fourth-order valence-electron chi connectivity index (χ4n) is 3.87. The number of benzene rings is 3. The van der Waals surface area contributed by atoms with Crippen LogP contribution in [0.2, 0.25) is 0 Å². The van der Waals surface area contributed by atoms with Gasteiger partial charge in [-0.25, -0.2) is 14.4 Å². The highest BCUT2D eigenvalue weighted by atomic mass is 79.9. The van der Waals surface area contributed by atoms with Gasteiger partial charge in [-0.15, -0.1) is 0 Å². The Labute approximate surface area is 227 Å². The van der Waals surface area contributed by atoms with Crippen molar-refractivity contribution in [3.8, 4) is 5.75 Å². The number of methoxy groups -OCH3 is 1. The van der Waals surface area contributed by atoms with E-state index >= 15 is 0 Å². The second kappa shape index (κ2) is 12.7. The largest absolute Gasteiger partial charge is 0.497 e. The molecule has 0 saturated carbocycles. The summed E-state index contributed by atoms with van der Waals surface area (Å²) in [7, 11) is 1.51. The summed E-state index contributed by atoms with van der Waals surface area (Å²) in [6.07, 6.45) is -6.51. The first-order chi connectivity index (χ1) is 18.4. The van der Waals surface area contributed by atoms with Crippen molar-refractivity contribution >= 4 is 33.8 Å². The third kappa shape index (κ3) is 6.39. The summed E-state index contributed by atoms with van der Waals surface area (Å²) in [6, 6.07) is 22.6. The van der Waals surface area contributed by atoms with Crippen LogP contribution < -0.4 is 4.74 Å². The number of alkyl halides is 1. The first kappa shape index (κ1) is 27.3. The van der Waals surface area contributed by atoms with Crippen LogP contribution in [0, 0.1) is 0 Å². The van der Waals surface area contributed by atoms with Crippen LogP contribution in [0.5, 0.6) is 5.75 Å². The molecule has 10 heteroatoms.